The molecule has 3 rings (SSSR count). The van der Waals surface area contributed by atoms with Crippen LogP contribution in [0.25, 0.3) is 0 Å². The summed E-state index contributed by atoms with van der Waals surface area (Å²) in [7, 11) is 1.57. The van der Waals surface area contributed by atoms with Crippen molar-refractivity contribution in [3.05, 3.63) is 52.2 Å². The van der Waals surface area contributed by atoms with Gasteiger partial charge >= 0.3 is 5.97 Å². The molecule has 1 aromatic heterocycles. The average molecular weight is 429 g/mol. The van der Waals surface area contributed by atoms with Crippen LogP contribution in [0.5, 0.6) is 0 Å². The van der Waals surface area contributed by atoms with Crippen molar-refractivity contribution >= 4 is 40.7 Å². The van der Waals surface area contributed by atoms with Gasteiger partial charge in [-0.3, -0.25) is 19.7 Å². The van der Waals surface area contributed by atoms with Crippen molar-refractivity contribution in [3.8, 4) is 0 Å². The van der Waals surface area contributed by atoms with Crippen LogP contribution in [0.15, 0.2) is 41.8 Å². The Morgan fingerprint density at radius 1 is 1.07 bits per heavy atom. The van der Waals surface area contributed by atoms with Gasteiger partial charge in [-0.2, -0.15) is 0 Å². The summed E-state index contributed by atoms with van der Waals surface area (Å²) in [5.41, 5.74) is 0.538. The van der Waals surface area contributed by atoms with Gasteiger partial charge in [-0.05, 0) is 36.4 Å². The van der Waals surface area contributed by atoms with Gasteiger partial charge in [-0.15, -0.1) is 11.3 Å². The Hall–Kier alpha value is -3.00. The summed E-state index contributed by atoms with van der Waals surface area (Å²) >= 11 is 1.31. The van der Waals surface area contributed by atoms with Crippen molar-refractivity contribution in [2.45, 2.75) is 32.1 Å². The normalized spacial score (nSPS) is 14.0. The average Bonchev–Trinajstić information content (AvgIpc) is 3.32. The fourth-order valence-corrected chi connectivity index (χ4v) is 4.16. The molecule has 1 saturated carbocycles. The third-order valence-corrected chi connectivity index (χ3v) is 5.95. The van der Waals surface area contributed by atoms with Crippen molar-refractivity contribution in [2.75, 3.05) is 18.6 Å². The Morgan fingerprint density at radius 3 is 2.50 bits per heavy atom. The van der Waals surface area contributed by atoms with Crippen molar-refractivity contribution < 1.29 is 23.9 Å². The third kappa shape index (κ3) is 5.33. The van der Waals surface area contributed by atoms with Crippen molar-refractivity contribution in [1.82, 2.24) is 5.32 Å². The molecule has 1 aliphatic carbocycles. The zero-order valence-electron chi connectivity index (χ0n) is 16.8. The van der Waals surface area contributed by atoms with Crippen LogP contribution in [-0.4, -0.2) is 37.3 Å². The standard InChI is InChI=1S/C22H24N2O5S/c1-24(21(27)18-12-7-13-30-18)17-11-6-5-10-16(17)22(28)29-14-19(25)23-20(26)15-8-3-2-4-9-15/h5-7,10-13,15H,2-4,8-9,14H2,1H3,(H,23,25,26). The minimum atomic E-state index is -0.739. The zero-order valence-corrected chi connectivity index (χ0v) is 17.6. The molecular weight excluding hydrogens is 404 g/mol. The lowest BCUT2D eigenvalue weighted by molar-refractivity contribution is -0.135. The summed E-state index contributed by atoms with van der Waals surface area (Å²) in [6, 6.07) is 10.0. The summed E-state index contributed by atoms with van der Waals surface area (Å²) in [6.07, 6.45) is 4.62. The summed E-state index contributed by atoms with van der Waals surface area (Å²) < 4.78 is 5.10. The number of hydrogen-bond donors (Lipinski definition) is 1. The van der Waals surface area contributed by atoms with Gasteiger partial charge in [0.2, 0.25) is 5.91 Å². The maximum absolute atomic E-state index is 12.6. The van der Waals surface area contributed by atoms with E-state index in [-0.39, 0.29) is 23.3 Å². The van der Waals surface area contributed by atoms with Gasteiger partial charge in [-0.25, -0.2) is 4.79 Å². The Labute approximate surface area is 179 Å². The van der Waals surface area contributed by atoms with Crippen molar-refractivity contribution in [1.29, 1.82) is 0 Å². The summed E-state index contributed by atoms with van der Waals surface area (Å²) in [6.45, 7) is -0.561. The second kappa shape index (κ2) is 10.2. The van der Waals surface area contributed by atoms with E-state index in [1.165, 1.54) is 22.3 Å². The number of imide groups is 1. The van der Waals surface area contributed by atoms with E-state index in [4.69, 9.17) is 4.74 Å². The zero-order chi connectivity index (χ0) is 21.5. The lowest BCUT2D eigenvalue weighted by atomic mass is 9.89. The molecule has 0 spiro atoms. The molecule has 0 radical (unpaired) electrons. The Morgan fingerprint density at radius 2 is 1.80 bits per heavy atom. The predicted molar refractivity (Wildman–Crippen MR) is 114 cm³/mol. The van der Waals surface area contributed by atoms with Crippen LogP contribution < -0.4 is 10.2 Å². The predicted octanol–water partition coefficient (Wildman–Crippen LogP) is 3.40. The molecule has 1 heterocycles. The highest BCUT2D eigenvalue weighted by molar-refractivity contribution is 7.12. The molecule has 1 N–H and O–H groups in total. The van der Waals surface area contributed by atoms with Crippen LogP contribution in [0.1, 0.15) is 52.1 Å². The minimum Gasteiger partial charge on any atom is -0.452 e. The Balaban J connectivity index is 1.59. The molecule has 0 bridgehead atoms. The molecule has 7 nitrogen and oxygen atoms in total. The molecule has 2 aromatic rings. The van der Waals surface area contributed by atoms with E-state index in [1.54, 1.807) is 42.8 Å². The first-order valence-corrected chi connectivity index (χ1v) is 10.8. The van der Waals surface area contributed by atoms with Crippen LogP contribution in [0, 0.1) is 5.92 Å². The van der Waals surface area contributed by atoms with Gasteiger partial charge in [-0.1, -0.05) is 37.5 Å². The van der Waals surface area contributed by atoms with E-state index in [0.717, 1.165) is 32.1 Å². The first-order valence-electron chi connectivity index (χ1n) is 9.88. The number of amides is 3. The maximum atomic E-state index is 12.6. The van der Waals surface area contributed by atoms with Gasteiger partial charge in [0.25, 0.3) is 11.8 Å². The highest BCUT2D eigenvalue weighted by Gasteiger charge is 2.24. The monoisotopic (exact) mass is 428 g/mol. The molecule has 30 heavy (non-hydrogen) atoms. The third-order valence-electron chi connectivity index (χ3n) is 5.09. The number of para-hydroxylation sites is 1. The van der Waals surface area contributed by atoms with Crippen LogP contribution in [0.3, 0.4) is 0 Å². The molecule has 1 aliphatic rings. The first-order chi connectivity index (χ1) is 14.5. The quantitative estimate of drug-likeness (QED) is 0.712. The number of carbonyl (C=O) groups is 4. The van der Waals surface area contributed by atoms with E-state index in [1.807, 2.05) is 0 Å². The second-order valence-electron chi connectivity index (χ2n) is 7.18. The topological polar surface area (TPSA) is 92.8 Å². The van der Waals surface area contributed by atoms with E-state index in [2.05, 4.69) is 5.32 Å². The second-order valence-corrected chi connectivity index (χ2v) is 8.13. The molecule has 0 unspecified atom stereocenters. The molecule has 158 valence electrons. The fourth-order valence-electron chi connectivity index (χ4n) is 3.46. The van der Waals surface area contributed by atoms with Gasteiger partial charge in [0.15, 0.2) is 6.61 Å². The molecule has 1 fully saturated rings. The van der Waals surface area contributed by atoms with Gasteiger partial charge in [0.1, 0.15) is 0 Å². The molecular formula is C22H24N2O5S. The number of hydrogen-bond acceptors (Lipinski definition) is 6. The largest absolute Gasteiger partial charge is 0.452 e. The minimum absolute atomic E-state index is 0.156. The molecule has 8 heteroatoms. The van der Waals surface area contributed by atoms with E-state index >= 15 is 0 Å². The number of carbonyl (C=O) groups excluding carboxylic acids is 4. The highest BCUT2D eigenvalue weighted by Crippen LogP contribution is 2.24. The van der Waals surface area contributed by atoms with Gasteiger partial charge in [0.05, 0.1) is 16.1 Å². The maximum Gasteiger partial charge on any atom is 0.340 e. The highest BCUT2D eigenvalue weighted by atomic mass is 32.1. The SMILES string of the molecule is CN(C(=O)c1cccs1)c1ccccc1C(=O)OCC(=O)NC(=O)C1CCCCC1. The number of thiophene rings is 1. The van der Waals surface area contributed by atoms with E-state index in [9.17, 15) is 19.2 Å². The number of nitrogens with zero attached hydrogens (tertiary/aromatic N) is 1. The molecule has 1 aromatic carbocycles. The lowest BCUT2D eigenvalue weighted by Crippen LogP contribution is -2.39. The summed E-state index contributed by atoms with van der Waals surface area (Å²) in [5, 5.41) is 4.11. The van der Waals surface area contributed by atoms with Gasteiger partial charge in [0, 0.05) is 13.0 Å². The van der Waals surface area contributed by atoms with E-state index in [0.29, 0.717) is 10.6 Å². The Kier molecular flexibility index (Phi) is 7.35. The lowest BCUT2D eigenvalue weighted by Gasteiger charge is -2.20. The number of benzene rings is 1. The number of esters is 1. The number of rotatable bonds is 6. The molecule has 0 aliphatic heterocycles. The van der Waals surface area contributed by atoms with E-state index < -0.39 is 18.5 Å². The molecule has 0 saturated heterocycles. The van der Waals surface area contributed by atoms with Crippen LogP contribution in [0.2, 0.25) is 0 Å². The van der Waals surface area contributed by atoms with Crippen LogP contribution in [0.4, 0.5) is 5.69 Å². The summed E-state index contributed by atoms with van der Waals surface area (Å²) in [4.78, 5) is 51.2. The Bertz CT molecular complexity index is 919. The molecule has 3 amide bonds. The first kappa shape index (κ1) is 21.7. The number of ether oxygens (including phenoxy) is 1. The van der Waals surface area contributed by atoms with Gasteiger partial charge < -0.3 is 9.64 Å². The fraction of sp³-hybridized carbons (Fsp3) is 0.364. The van der Waals surface area contributed by atoms with Crippen LogP contribution in [-0.2, 0) is 14.3 Å². The van der Waals surface area contributed by atoms with Crippen molar-refractivity contribution in [3.63, 3.8) is 0 Å². The number of nitrogens with one attached hydrogen (secondary N) is 1. The van der Waals surface area contributed by atoms with Crippen LogP contribution >= 0.6 is 11.3 Å². The smallest absolute Gasteiger partial charge is 0.340 e. The van der Waals surface area contributed by atoms with Crippen molar-refractivity contribution in [2.24, 2.45) is 5.92 Å². The number of anilines is 1. The molecule has 0 atom stereocenters. The summed E-state index contributed by atoms with van der Waals surface area (Å²) in [5.74, 6) is -2.11.